The Morgan fingerprint density at radius 1 is 1.56 bits per heavy atom. The van der Waals surface area contributed by atoms with Gasteiger partial charge in [-0.05, 0) is 25.1 Å². The number of hydrogen-bond acceptors (Lipinski definition) is 2. The molecule has 1 aliphatic rings. The summed E-state index contributed by atoms with van der Waals surface area (Å²) in [6, 6.07) is 3.83. The van der Waals surface area contributed by atoms with Crippen LogP contribution in [-0.2, 0) is 4.79 Å². The van der Waals surface area contributed by atoms with Crippen molar-refractivity contribution < 1.29 is 14.3 Å². The predicted molar refractivity (Wildman–Crippen MR) is 57.9 cm³/mol. The van der Waals surface area contributed by atoms with E-state index in [4.69, 9.17) is 16.7 Å². The highest BCUT2D eigenvalue weighted by atomic mass is 35.5. The van der Waals surface area contributed by atoms with E-state index in [1.54, 1.807) is 6.07 Å². The molecule has 16 heavy (non-hydrogen) atoms. The van der Waals surface area contributed by atoms with Crippen molar-refractivity contribution in [2.45, 2.75) is 12.5 Å². The Morgan fingerprint density at radius 3 is 2.94 bits per heavy atom. The minimum Gasteiger partial charge on any atom is -0.481 e. The van der Waals surface area contributed by atoms with Gasteiger partial charge >= 0.3 is 5.97 Å². The zero-order valence-corrected chi connectivity index (χ0v) is 9.17. The average Bonchev–Trinajstić information content (AvgIpc) is 2.66. The molecule has 2 atom stereocenters. The van der Waals surface area contributed by atoms with Crippen LogP contribution in [0, 0.1) is 11.7 Å². The third kappa shape index (κ3) is 1.90. The molecule has 0 bridgehead atoms. The summed E-state index contributed by atoms with van der Waals surface area (Å²) in [5, 5.41) is 12.3. The van der Waals surface area contributed by atoms with Gasteiger partial charge in [0, 0.05) is 16.6 Å². The van der Waals surface area contributed by atoms with Crippen LogP contribution < -0.4 is 5.32 Å². The molecule has 0 saturated carbocycles. The zero-order valence-electron chi connectivity index (χ0n) is 8.41. The van der Waals surface area contributed by atoms with Crippen molar-refractivity contribution in [2.24, 2.45) is 5.92 Å². The van der Waals surface area contributed by atoms with Gasteiger partial charge in [-0.1, -0.05) is 17.7 Å². The van der Waals surface area contributed by atoms with Gasteiger partial charge < -0.3 is 10.4 Å². The fourth-order valence-corrected chi connectivity index (χ4v) is 2.36. The van der Waals surface area contributed by atoms with Crippen LogP contribution in [0.2, 0.25) is 5.02 Å². The molecule has 2 rings (SSSR count). The highest BCUT2D eigenvalue weighted by Gasteiger charge is 2.36. The molecular weight excluding hydrogens is 233 g/mol. The van der Waals surface area contributed by atoms with Gasteiger partial charge in [-0.2, -0.15) is 0 Å². The molecule has 0 spiro atoms. The Kier molecular flexibility index (Phi) is 3.12. The average molecular weight is 244 g/mol. The zero-order chi connectivity index (χ0) is 11.7. The van der Waals surface area contributed by atoms with Crippen LogP contribution in [0.1, 0.15) is 18.0 Å². The Labute approximate surface area is 97.2 Å². The second-order valence-electron chi connectivity index (χ2n) is 3.80. The lowest BCUT2D eigenvalue weighted by atomic mass is 9.94. The summed E-state index contributed by atoms with van der Waals surface area (Å²) in [5.41, 5.74) is 0.258. The van der Waals surface area contributed by atoms with Crippen molar-refractivity contribution in [1.82, 2.24) is 5.32 Å². The summed E-state index contributed by atoms with van der Waals surface area (Å²) >= 11 is 5.91. The monoisotopic (exact) mass is 243 g/mol. The van der Waals surface area contributed by atoms with Crippen molar-refractivity contribution in [3.05, 3.63) is 34.6 Å². The van der Waals surface area contributed by atoms with Crippen LogP contribution in [-0.4, -0.2) is 17.6 Å². The topological polar surface area (TPSA) is 49.3 Å². The molecule has 1 fully saturated rings. The van der Waals surface area contributed by atoms with Gasteiger partial charge in [0.2, 0.25) is 0 Å². The molecule has 2 N–H and O–H groups in total. The van der Waals surface area contributed by atoms with Crippen LogP contribution in [0.25, 0.3) is 0 Å². The molecule has 0 amide bonds. The third-order valence-electron chi connectivity index (χ3n) is 2.85. The quantitative estimate of drug-likeness (QED) is 0.837. The fraction of sp³-hybridized carbons (Fsp3) is 0.364. The molecule has 5 heteroatoms. The van der Waals surface area contributed by atoms with Crippen LogP contribution in [0.4, 0.5) is 4.39 Å². The van der Waals surface area contributed by atoms with E-state index in [0.29, 0.717) is 13.0 Å². The maximum atomic E-state index is 13.6. The largest absolute Gasteiger partial charge is 0.481 e. The number of nitrogens with one attached hydrogen (secondary N) is 1. The number of carbonyl (C=O) groups is 1. The normalized spacial score (nSPS) is 24.6. The molecule has 86 valence electrons. The summed E-state index contributed by atoms with van der Waals surface area (Å²) in [6.07, 6.45) is 0.491. The van der Waals surface area contributed by atoms with Crippen molar-refractivity contribution >= 4 is 17.6 Å². The summed E-state index contributed by atoms with van der Waals surface area (Å²) in [6.45, 7) is 0.562. The minimum atomic E-state index is -0.922. The Bertz CT molecular complexity index is 404. The first-order chi connectivity index (χ1) is 7.61. The van der Waals surface area contributed by atoms with Crippen LogP contribution in [0.5, 0.6) is 0 Å². The lowest BCUT2D eigenvalue weighted by molar-refractivity contribution is -0.142. The van der Waals surface area contributed by atoms with E-state index in [-0.39, 0.29) is 10.6 Å². The van der Waals surface area contributed by atoms with Crippen LogP contribution in [0.15, 0.2) is 18.2 Å². The molecule has 0 aliphatic carbocycles. The molecule has 1 heterocycles. The standard InChI is InChI=1S/C11H11ClFNO2/c12-7-2-1-3-8(13)9(7)10-6(11(15)16)4-5-14-10/h1-3,6,10,14H,4-5H2,(H,15,16). The van der Waals surface area contributed by atoms with E-state index in [1.165, 1.54) is 12.1 Å². The maximum absolute atomic E-state index is 13.6. The van der Waals surface area contributed by atoms with Crippen molar-refractivity contribution in [1.29, 1.82) is 0 Å². The summed E-state index contributed by atoms with van der Waals surface area (Å²) in [4.78, 5) is 11.0. The second kappa shape index (κ2) is 4.39. The molecule has 0 radical (unpaired) electrons. The number of rotatable bonds is 2. The van der Waals surface area contributed by atoms with Gasteiger partial charge in [0.05, 0.1) is 5.92 Å². The third-order valence-corrected chi connectivity index (χ3v) is 3.18. The molecule has 0 aromatic heterocycles. The summed E-state index contributed by atoms with van der Waals surface area (Å²) in [7, 11) is 0. The molecule has 1 aromatic rings. The first kappa shape index (κ1) is 11.4. The second-order valence-corrected chi connectivity index (χ2v) is 4.21. The first-order valence-electron chi connectivity index (χ1n) is 5.01. The lowest BCUT2D eigenvalue weighted by Crippen LogP contribution is -2.24. The number of hydrogen-bond donors (Lipinski definition) is 2. The van der Waals surface area contributed by atoms with Gasteiger partial charge in [-0.3, -0.25) is 4.79 Å². The van der Waals surface area contributed by atoms with E-state index in [9.17, 15) is 9.18 Å². The molecule has 2 unspecified atom stereocenters. The smallest absolute Gasteiger partial charge is 0.308 e. The van der Waals surface area contributed by atoms with E-state index in [1.807, 2.05) is 0 Å². The van der Waals surface area contributed by atoms with Gasteiger partial charge in [0.25, 0.3) is 0 Å². The number of carboxylic acid groups (broad SMARTS) is 1. The molecule has 3 nitrogen and oxygen atoms in total. The number of carboxylic acids is 1. The van der Waals surface area contributed by atoms with E-state index < -0.39 is 23.7 Å². The Balaban J connectivity index is 2.40. The number of aliphatic carboxylic acids is 1. The Morgan fingerprint density at radius 2 is 2.31 bits per heavy atom. The van der Waals surface area contributed by atoms with Crippen molar-refractivity contribution in [3.63, 3.8) is 0 Å². The van der Waals surface area contributed by atoms with Crippen LogP contribution >= 0.6 is 11.6 Å². The highest BCUT2D eigenvalue weighted by molar-refractivity contribution is 6.31. The molecule has 1 aromatic carbocycles. The van der Waals surface area contributed by atoms with Gasteiger partial charge in [0.15, 0.2) is 0 Å². The molecule has 1 saturated heterocycles. The van der Waals surface area contributed by atoms with Crippen molar-refractivity contribution in [2.75, 3.05) is 6.54 Å². The molecular formula is C11H11ClFNO2. The van der Waals surface area contributed by atoms with Gasteiger partial charge in [-0.25, -0.2) is 4.39 Å². The number of benzene rings is 1. The first-order valence-corrected chi connectivity index (χ1v) is 5.39. The summed E-state index contributed by atoms with van der Waals surface area (Å²) < 4.78 is 13.6. The number of halogens is 2. The summed E-state index contributed by atoms with van der Waals surface area (Å²) in [5.74, 6) is -2.00. The van der Waals surface area contributed by atoms with E-state index in [0.717, 1.165) is 0 Å². The van der Waals surface area contributed by atoms with E-state index in [2.05, 4.69) is 5.32 Å². The predicted octanol–water partition coefficient (Wildman–Crippen LogP) is 2.21. The van der Waals surface area contributed by atoms with Gasteiger partial charge in [0.1, 0.15) is 5.82 Å². The van der Waals surface area contributed by atoms with Crippen molar-refractivity contribution in [3.8, 4) is 0 Å². The van der Waals surface area contributed by atoms with Gasteiger partial charge in [-0.15, -0.1) is 0 Å². The molecule has 1 aliphatic heterocycles. The Hall–Kier alpha value is -1.13. The maximum Gasteiger partial charge on any atom is 0.308 e. The highest BCUT2D eigenvalue weighted by Crippen LogP contribution is 2.35. The minimum absolute atomic E-state index is 0.258. The lowest BCUT2D eigenvalue weighted by Gasteiger charge is -2.18. The van der Waals surface area contributed by atoms with E-state index >= 15 is 0 Å². The van der Waals surface area contributed by atoms with Crippen LogP contribution in [0.3, 0.4) is 0 Å². The SMILES string of the molecule is O=C(O)C1CCNC1c1c(F)cccc1Cl. The fourth-order valence-electron chi connectivity index (χ4n) is 2.08.